The van der Waals surface area contributed by atoms with E-state index in [-0.39, 0.29) is 6.61 Å². The van der Waals surface area contributed by atoms with Gasteiger partial charge in [-0.25, -0.2) is 0 Å². The molecule has 16 heavy (non-hydrogen) atoms. The van der Waals surface area contributed by atoms with E-state index in [1.807, 2.05) is 0 Å². The van der Waals surface area contributed by atoms with Gasteiger partial charge in [0.25, 0.3) is 0 Å². The van der Waals surface area contributed by atoms with Crippen LogP contribution < -0.4 is 0 Å². The van der Waals surface area contributed by atoms with Crippen LogP contribution in [0.3, 0.4) is 0 Å². The summed E-state index contributed by atoms with van der Waals surface area (Å²) >= 11 is 0. The average molecular weight is 232 g/mol. The first-order valence-electron chi connectivity index (χ1n) is 5.73. The van der Waals surface area contributed by atoms with Gasteiger partial charge in [-0.1, -0.05) is 40.2 Å². The van der Waals surface area contributed by atoms with E-state index in [0.717, 1.165) is 25.7 Å². The smallest absolute Gasteiger partial charge is 0.158 e. The Bertz CT molecular complexity index is 199. The molecule has 0 rings (SSSR count). The summed E-state index contributed by atoms with van der Waals surface area (Å²) < 4.78 is 0. The van der Waals surface area contributed by atoms with Gasteiger partial charge >= 0.3 is 0 Å². The van der Waals surface area contributed by atoms with Gasteiger partial charge in [-0.2, -0.15) is 4.89 Å². The molecule has 4 heteroatoms. The number of aliphatic hydroxyl groups is 2. The minimum absolute atomic E-state index is 0.109. The topological polar surface area (TPSA) is 58.9 Å². The van der Waals surface area contributed by atoms with Gasteiger partial charge in [-0.15, -0.1) is 0 Å². The molecule has 0 amide bonds. The van der Waals surface area contributed by atoms with E-state index in [1.54, 1.807) is 13.8 Å². The summed E-state index contributed by atoms with van der Waals surface area (Å²) in [5, 5.41) is 18.0. The molecule has 0 saturated carbocycles. The standard InChI is InChI=1S/C12H24O4/c1-5-6-7-8-10(2)16-15-9-12(3,4)11(13)14/h11,13-14H,2,5-9H2,1,3-4H3. The monoisotopic (exact) mass is 232 g/mol. The number of hydrogen-bond donors (Lipinski definition) is 2. The molecule has 0 bridgehead atoms. The molecule has 0 aromatic rings. The second kappa shape index (κ2) is 7.65. The fraction of sp³-hybridized carbons (Fsp3) is 0.833. The maximum Gasteiger partial charge on any atom is 0.158 e. The Labute approximate surface area is 97.8 Å². The maximum absolute atomic E-state index is 9.02. The second-order valence-electron chi connectivity index (χ2n) is 4.70. The Morgan fingerprint density at radius 3 is 2.44 bits per heavy atom. The van der Waals surface area contributed by atoms with Gasteiger partial charge in [-0.3, -0.25) is 0 Å². The van der Waals surface area contributed by atoms with E-state index in [0.29, 0.717) is 5.76 Å². The van der Waals surface area contributed by atoms with Gasteiger partial charge in [0.2, 0.25) is 0 Å². The summed E-state index contributed by atoms with van der Waals surface area (Å²) in [7, 11) is 0. The molecular formula is C12H24O4. The van der Waals surface area contributed by atoms with E-state index >= 15 is 0 Å². The molecule has 0 aliphatic rings. The molecule has 0 radical (unpaired) electrons. The molecule has 2 N–H and O–H groups in total. The summed E-state index contributed by atoms with van der Waals surface area (Å²) in [6.45, 7) is 9.32. The zero-order valence-corrected chi connectivity index (χ0v) is 10.5. The number of allylic oxidation sites excluding steroid dienone is 1. The van der Waals surface area contributed by atoms with Crippen LogP contribution in [0.4, 0.5) is 0 Å². The maximum atomic E-state index is 9.02. The highest BCUT2D eigenvalue weighted by Crippen LogP contribution is 2.20. The highest BCUT2D eigenvalue weighted by atomic mass is 17.2. The molecule has 0 fully saturated rings. The Morgan fingerprint density at radius 1 is 1.31 bits per heavy atom. The fourth-order valence-corrected chi connectivity index (χ4v) is 0.953. The molecule has 0 heterocycles. The first kappa shape index (κ1) is 15.4. The summed E-state index contributed by atoms with van der Waals surface area (Å²) in [5.74, 6) is 0.580. The lowest BCUT2D eigenvalue weighted by Crippen LogP contribution is -2.33. The predicted molar refractivity (Wildman–Crippen MR) is 62.3 cm³/mol. The van der Waals surface area contributed by atoms with Crippen molar-refractivity contribution in [3.63, 3.8) is 0 Å². The zero-order valence-electron chi connectivity index (χ0n) is 10.5. The van der Waals surface area contributed by atoms with Gasteiger partial charge in [0, 0.05) is 11.8 Å². The molecule has 0 atom stereocenters. The van der Waals surface area contributed by atoms with Gasteiger partial charge in [0.05, 0.1) is 0 Å². The largest absolute Gasteiger partial charge is 0.368 e. The van der Waals surface area contributed by atoms with Crippen molar-refractivity contribution < 1.29 is 20.0 Å². The minimum atomic E-state index is -1.43. The van der Waals surface area contributed by atoms with Crippen LogP contribution in [0.5, 0.6) is 0 Å². The van der Waals surface area contributed by atoms with Crippen molar-refractivity contribution in [2.45, 2.75) is 52.7 Å². The lowest BCUT2D eigenvalue weighted by molar-refractivity contribution is -0.295. The first-order chi connectivity index (χ1) is 7.40. The van der Waals surface area contributed by atoms with E-state index in [9.17, 15) is 0 Å². The summed E-state index contributed by atoms with van der Waals surface area (Å²) in [5.41, 5.74) is -0.746. The number of rotatable bonds is 9. The normalized spacial score (nSPS) is 11.9. The Morgan fingerprint density at radius 2 is 1.94 bits per heavy atom. The highest BCUT2D eigenvalue weighted by Gasteiger charge is 2.27. The van der Waals surface area contributed by atoms with Crippen LogP contribution in [0.25, 0.3) is 0 Å². The van der Waals surface area contributed by atoms with Crippen molar-refractivity contribution in [1.29, 1.82) is 0 Å². The average Bonchev–Trinajstić information content (AvgIpc) is 2.17. The quantitative estimate of drug-likeness (QED) is 0.211. The Hall–Kier alpha value is -0.580. The van der Waals surface area contributed by atoms with Gasteiger partial charge < -0.3 is 15.1 Å². The third kappa shape index (κ3) is 6.82. The van der Waals surface area contributed by atoms with Gasteiger partial charge in [-0.05, 0) is 6.42 Å². The lowest BCUT2D eigenvalue weighted by atomic mass is 9.94. The molecule has 0 aromatic heterocycles. The molecular weight excluding hydrogens is 208 g/mol. The summed E-state index contributed by atoms with van der Waals surface area (Å²) in [4.78, 5) is 9.89. The predicted octanol–water partition coefficient (Wildman–Crippen LogP) is 2.37. The molecule has 0 aliphatic carbocycles. The fourth-order valence-electron chi connectivity index (χ4n) is 0.953. The number of aliphatic hydroxyl groups excluding tert-OH is 1. The van der Waals surface area contributed by atoms with Gasteiger partial charge in [0.15, 0.2) is 6.29 Å². The highest BCUT2D eigenvalue weighted by molar-refractivity contribution is 4.80. The third-order valence-corrected chi connectivity index (χ3v) is 2.37. The third-order valence-electron chi connectivity index (χ3n) is 2.37. The van der Waals surface area contributed by atoms with Crippen molar-refractivity contribution in [3.8, 4) is 0 Å². The van der Waals surface area contributed by atoms with Crippen molar-refractivity contribution in [3.05, 3.63) is 12.3 Å². The van der Waals surface area contributed by atoms with Crippen LogP contribution in [0.2, 0.25) is 0 Å². The van der Waals surface area contributed by atoms with Crippen LogP contribution >= 0.6 is 0 Å². The van der Waals surface area contributed by atoms with E-state index in [4.69, 9.17) is 20.0 Å². The summed E-state index contributed by atoms with van der Waals surface area (Å²) in [6, 6.07) is 0. The minimum Gasteiger partial charge on any atom is -0.368 e. The van der Waals surface area contributed by atoms with Crippen molar-refractivity contribution in [2.75, 3.05) is 6.61 Å². The Balaban J connectivity index is 3.61. The van der Waals surface area contributed by atoms with E-state index in [1.165, 1.54) is 0 Å². The molecule has 0 saturated heterocycles. The van der Waals surface area contributed by atoms with E-state index in [2.05, 4.69) is 13.5 Å². The van der Waals surface area contributed by atoms with Crippen LogP contribution in [0, 0.1) is 5.41 Å². The van der Waals surface area contributed by atoms with E-state index < -0.39 is 11.7 Å². The van der Waals surface area contributed by atoms with Crippen LogP contribution in [0.15, 0.2) is 12.3 Å². The van der Waals surface area contributed by atoms with Crippen LogP contribution in [-0.2, 0) is 9.78 Å². The molecule has 0 unspecified atom stereocenters. The lowest BCUT2D eigenvalue weighted by Gasteiger charge is -2.25. The van der Waals surface area contributed by atoms with Crippen LogP contribution in [0.1, 0.15) is 46.5 Å². The number of unbranched alkanes of at least 4 members (excludes halogenated alkanes) is 2. The Kier molecular flexibility index (Phi) is 7.38. The first-order valence-corrected chi connectivity index (χ1v) is 5.73. The van der Waals surface area contributed by atoms with Crippen molar-refractivity contribution in [2.24, 2.45) is 5.41 Å². The summed E-state index contributed by atoms with van der Waals surface area (Å²) in [6.07, 6.45) is 2.67. The number of hydrogen-bond acceptors (Lipinski definition) is 4. The SMILES string of the molecule is C=C(CCCCC)OOCC(C)(C)C(O)O. The second-order valence-corrected chi connectivity index (χ2v) is 4.70. The van der Waals surface area contributed by atoms with Gasteiger partial charge in [0.1, 0.15) is 12.4 Å². The molecule has 4 nitrogen and oxygen atoms in total. The molecule has 96 valence electrons. The van der Waals surface area contributed by atoms with Crippen LogP contribution in [-0.4, -0.2) is 23.1 Å². The van der Waals surface area contributed by atoms with Crippen molar-refractivity contribution >= 4 is 0 Å². The molecule has 0 spiro atoms. The zero-order chi connectivity index (χ0) is 12.6. The molecule has 0 aliphatic heterocycles. The molecule has 0 aromatic carbocycles. The van der Waals surface area contributed by atoms with Crippen molar-refractivity contribution in [1.82, 2.24) is 0 Å².